The van der Waals surface area contributed by atoms with Crippen LogP contribution in [0.2, 0.25) is 0 Å². The summed E-state index contributed by atoms with van der Waals surface area (Å²) in [5, 5.41) is 15.0. The molecule has 1 aliphatic heterocycles. The van der Waals surface area contributed by atoms with Gasteiger partial charge >= 0.3 is 5.97 Å². The van der Waals surface area contributed by atoms with Crippen molar-refractivity contribution in [2.75, 3.05) is 6.54 Å². The Morgan fingerprint density at radius 2 is 1.92 bits per heavy atom. The summed E-state index contributed by atoms with van der Waals surface area (Å²) in [6, 6.07) is -1.80. The molecular weight excluding hydrogens is 324 g/mol. The minimum Gasteiger partial charge on any atom is -0.480 e. The second kappa shape index (κ2) is 9.80. The monoisotopic (exact) mass is 352 g/mol. The number of carbonyl (C=O) groups is 3. The molecule has 1 aliphatic rings. The van der Waals surface area contributed by atoms with Crippen LogP contribution in [0.25, 0.3) is 0 Å². The second-order valence-corrected chi connectivity index (χ2v) is 6.88. The third kappa shape index (κ3) is 6.21. The molecule has 0 radical (unpaired) electrons. The highest BCUT2D eigenvalue weighted by molar-refractivity contribution is 5.88. The molecule has 0 aromatic rings. The molecule has 2 atom stereocenters. The van der Waals surface area contributed by atoms with Gasteiger partial charge in [-0.05, 0) is 24.7 Å². The van der Waals surface area contributed by atoms with E-state index in [1.807, 2.05) is 27.7 Å². The third-order valence-electron chi connectivity index (χ3n) is 3.75. The second-order valence-electron chi connectivity index (χ2n) is 6.88. The average molecular weight is 352 g/mol. The molecule has 0 saturated carbocycles. The van der Waals surface area contributed by atoms with Crippen molar-refractivity contribution in [3.8, 4) is 0 Å². The van der Waals surface area contributed by atoms with Gasteiger partial charge < -0.3 is 10.4 Å². The predicted molar refractivity (Wildman–Crippen MR) is 94.5 cm³/mol. The molecule has 0 unspecified atom stereocenters. The molecule has 8 heteroatoms. The van der Waals surface area contributed by atoms with Gasteiger partial charge in [0.25, 0.3) is 5.91 Å². The molecule has 2 amide bonds. The van der Waals surface area contributed by atoms with E-state index in [1.54, 1.807) is 12.4 Å². The Labute approximate surface area is 148 Å². The number of carboxylic acids is 1. The van der Waals surface area contributed by atoms with Crippen LogP contribution in [0.1, 0.15) is 40.5 Å². The Balaban J connectivity index is 3.20. The number of carbonyl (C=O) groups excluding carboxylic acids is 2. The average Bonchev–Trinajstić information content (AvgIpc) is 2.53. The molecule has 0 aromatic heterocycles. The maximum absolute atomic E-state index is 13.1. The molecule has 0 aliphatic carbocycles. The van der Waals surface area contributed by atoms with Crippen molar-refractivity contribution in [3.63, 3.8) is 0 Å². The van der Waals surface area contributed by atoms with Crippen LogP contribution in [-0.4, -0.2) is 58.3 Å². The van der Waals surface area contributed by atoms with Crippen LogP contribution >= 0.6 is 0 Å². The molecule has 0 saturated heterocycles. The topological polar surface area (TPSA) is 102 Å². The molecule has 1 rings (SSSR count). The number of hydrazine groups is 1. The SMILES string of the molecule is CC(C)C[C@H](NC=O)C(=O)N([C@@H](CC(C)C)C(=O)O)N1C=CN=CC1. The zero-order valence-corrected chi connectivity index (χ0v) is 15.3. The Morgan fingerprint density at radius 1 is 1.28 bits per heavy atom. The number of hydrogen-bond acceptors (Lipinski definition) is 5. The zero-order valence-electron chi connectivity index (χ0n) is 15.3. The van der Waals surface area contributed by atoms with Crippen molar-refractivity contribution in [1.29, 1.82) is 0 Å². The highest BCUT2D eigenvalue weighted by atomic mass is 16.4. The van der Waals surface area contributed by atoms with Gasteiger partial charge in [-0.15, -0.1) is 0 Å². The van der Waals surface area contributed by atoms with E-state index in [-0.39, 0.29) is 11.8 Å². The van der Waals surface area contributed by atoms with Gasteiger partial charge in [-0.2, -0.15) is 0 Å². The summed E-state index contributed by atoms with van der Waals surface area (Å²) >= 11 is 0. The minimum absolute atomic E-state index is 0.0846. The normalized spacial score (nSPS) is 16.0. The van der Waals surface area contributed by atoms with Crippen LogP contribution in [0.3, 0.4) is 0 Å². The molecular formula is C17H28N4O4. The number of amides is 2. The number of aliphatic carboxylic acids is 1. The van der Waals surface area contributed by atoms with E-state index in [0.717, 1.165) is 0 Å². The van der Waals surface area contributed by atoms with Crippen molar-refractivity contribution >= 4 is 24.5 Å². The summed E-state index contributed by atoms with van der Waals surface area (Å²) < 4.78 is 0. The van der Waals surface area contributed by atoms with Gasteiger partial charge in [0.05, 0.1) is 6.54 Å². The van der Waals surface area contributed by atoms with Crippen molar-refractivity contribution in [2.45, 2.75) is 52.6 Å². The molecule has 0 spiro atoms. The van der Waals surface area contributed by atoms with Gasteiger partial charge in [0, 0.05) is 18.6 Å². The van der Waals surface area contributed by atoms with Gasteiger partial charge in [-0.25, -0.2) is 9.80 Å². The highest BCUT2D eigenvalue weighted by Crippen LogP contribution is 2.19. The van der Waals surface area contributed by atoms with Gasteiger partial charge in [-0.3, -0.25) is 19.6 Å². The van der Waals surface area contributed by atoms with Crippen LogP contribution in [0, 0.1) is 11.8 Å². The molecule has 0 aromatic carbocycles. The summed E-state index contributed by atoms with van der Waals surface area (Å²) in [5.41, 5.74) is 0. The quantitative estimate of drug-likeness (QED) is 0.576. The first-order valence-corrected chi connectivity index (χ1v) is 8.48. The predicted octanol–water partition coefficient (Wildman–Crippen LogP) is 1.25. The van der Waals surface area contributed by atoms with E-state index in [2.05, 4.69) is 10.3 Å². The maximum Gasteiger partial charge on any atom is 0.328 e. The molecule has 0 fully saturated rings. The lowest BCUT2D eigenvalue weighted by atomic mass is 10.00. The minimum atomic E-state index is -1.08. The maximum atomic E-state index is 13.1. The van der Waals surface area contributed by atoms with Crippen molar-refractivity contribution < 1.29 is 19.5 Å². The third-order valence-corrected chi connectivity index (χ3v) is 3.75. The summed E-state index contributed by atoms with van der Waals surface area (Å²) in [5.74, 6) is -1.27. The number of carboxylic acid groups (broad SMARTS) is 1. The van der Waals surface area contributed by atoms with Crippen LogP contribution in [0.5, 0.6) is 0 Å². The molecule has 0 bridgehead atoms. The lowest BCUT2D eigenvalue weighted by Gasteiger charge is -2.40. The Hall–Kier alpha value is -2.38. The lowest BCUT2D eigenvalue weighted by molar-refractivity contribution is -0.166. The van der Waals surface area contributed by atoms with Gasteiger partial charge in [0.2, 0.25) is 6.41 Å². The van der Waals surface area contributed by atoms with E-state index in [0.29, 0.717) is 25.8 Å². The summed E-state index contributed by atoms with van der Waals surface area (Å²) in [7, 11) is 0. The number of nitrogens with zero attached hydrogens (tertiary/aromatic N) is 3. The summed E-state index contributed by atoms with van der Waals surface area (Å²) in [6.07, 6.45) is 5.88. The molecule has 25 heavy (non-hydrogen) atoms. The van der Waals surface area contributed by atoms with Crippen molar-refractivity contribution in [1.82, 2.24) is 15.3 Å². The van der Waals surface area contributed by atoms with Gasteiger partial charge in [0.1, 0.15) is 6.04 Å². The van der Waals surface area contributed by atoms with Crippen LogP contribution < -0.4 is 5.32 Å². The lowest BCUT2D eigenvalue weighted by Crippen LogP contribution is -2.59. The largest absolute Gasteiger partial charge is 0.480 e. The fraction of sp³-hybridized carbons (Fsp3) is 0.647. The van der Waals surface area contributed by atoms with E-state index < -0.39 is 24.0 Å². The first kappa shape index (κ1) is 20.7. The number of rotatable bonds is 10. The molecule has 140 valence electrons. The van der Waals surface area contributed by atoms with E-state index in [4.69, 9.17) is 0 Å². The standard InChI is InChI=1S/C17H28N4O4/c1-12(2)9-14(19-11-22)16(23)21(20-7-5-18-6-8-20)15(17(24)25)10-13(3)4/h5-7,11-15H,8-10H2,1-4H3,(H,19,22)(H,24,25)/t14-,15-/m0/s1. The van der Waals surface area contributed by atoms with E-state index in [1.165, 1.54) is 16.2 Å². The Kier molecular flexibility index (Phi) is 8.10. The number of hydrogen-bond donors (Lipinski definition) is 2. The van der Waals surface area contributed by atoms with Crippen LogP contribution in [0.15, 0.2) is 17.4 Å². The fourth-order valence-corrected chi connectivity index (χ4v) is 2.69. The van der Waals surface area contributed by atoms with Crippen LogP contribution in [0.4, 0.5) is 0 Å². The number of aliphatic imine (C=N–C) groups is 1. The number of nitrogens with one attached hydrogen (secondary N) is 1. The smallest absolute Gasteiger partial charge is 0.328 e. The first-order chi connectivity index (χ1) is 11.8. The van der Waals surface area contributed by atoms with Gasteiger partial charge in [-0.1, -0.05) is 27.7 Å². The fourth-order valence-electron chi connectivity index (χ4n) is 2.69. The van der Waals surface area contributed by atoms with Crippen molar-refractivity contribution in [2.24, 2.45) is 16.8 Å². The molecule has 8 nitrogen and oxygen atoms in total. The van der Waals surface area contributed by atoms with Crippen molar-refractivity contribution in [3.05, 3.63) is 12.4 Å². The Morgan fingerprint density at radius 3 is 2.36 bits per heavy atom. The van der Waals surface area contributed by atoms with E-state index >= 15 is 0 Å². The summed E-state index contributed by atoms with van der Waals surface area (Å²) in [6.45, 7) is 7.98. The highest BCUT2D eigenvalue weighted by Gasteiger charge is 2.37. The molecule has 2 N–H and O–H groups in total. The van der Waals surface area contributed by atoms with Gasteiger partial charge in [0.15, 0.2) is 6.04 Å². The van der Waals surface area contributed by atoms with E-state index in [9.17, 15) is 19.5 Å². The first-order valence-electron chi connectivity index (χ1n) is 8.48. The Bertz CT molecular complexity index is 531. The molecule has 1 heterocycles. The summed E-state index contributed by atoms with van der Waals surface area (Å²) in [4.78, 5) is 39.9. The van der Waals surface area contributed by atoms with Crippen LogP contribution in [-0.2, 0) is 14.4 Å². The zero-order chi connectivity index (χ0) is 19.0.